The standard InChI is InChI=1S/C18H27N3O3/c1-21-16(10-15(20-21)13-2-3-13)17(22)19-11-14-4-5-18(12-24-14)6-8-23-9-7-18/h10,13-14H,2-9,11-12H2,1H3,(H,19,22). The maximum absolute atomic E-state index is 12.4. The summed E-state index contributed by atoms with van der Waals surface area (Å²) in [5.41, 5.74) is 2.02. The molecule has 6 nitrogen and oxygen atoms in total. The van der Waals surface area contributed by atoms with Crippen molar-refractivity contribution >= 4 is 5.91 Å². The Hall–Kier alpha value is -1.40. The second-order valence-electron chi connectivity index (χ2n) is 7.65. The van der Waals surface area contributed by atoms with E-state index in [1.165, 1.54) is 19.3 Å². The van der Waals surface area contributed by atoms with E-state index in [-0.39, 0.29) is 12.0 Å². The van der Waals surface area contributed by atoms with Gasteiger partial charge in [0, 0.05) is 32.7 Å². The Labute approximate surface area is 142 Å². The number of ether oxygens (including phenoxy) is 2. The van der Waals surface area contributed by atoms with Crippen LogP contribution in [0.3, 0.4) is 0 Å². The largest absolute Gasteiger partial charge is 0.381 e. The monoisotopic (exact) mass is 333 g/mol. The van der Waals surface area contributed by atoms with Crippen molar-refractivity contribution < 1.29 is 14.3 Å². The molecule has 0 bridgehead atoms. The van der Waals surface area contributed by atoms with Crippen molar-refractivity contribution in [1.82, 2.24) is 15.1 Å². The summed E-state index contributed by atoms with van der Waals surface area (Å²) in [6.07, 6.45) is 6.91. The maximum atomic E-state index is 12.4. The van der Waals surface area contributed by atoms with Crippen molar-refractivity contribution in [3.05, 3.63) is 17.5 Å². The number of nitrogens with one attached hydrogen (secondary N) is 1. The lowest BCUT2D eigenvalue weighted by Crippen LogP contribution is -2.44. The van der Waals surface area contributed by atoms with Crippen LogP contribution in [-0.4, -0.2) is 48.2 Å². The third kappa shape index (κ3) is 3.35. The molecule has 3 aliphatic rings. The molecule has 1 amide bonds. The van der Waals surface area contributed by atoms with Gasteiger partial charge >= 0.3 is 0 Å². The molecule has 4 rings (SSSR count). The molecule has 1 aromatic heterocycles. The highest BCUT2D eigenvalue weighted by Gasteiger charge is 2.37. The van der Waals surface area contributed by atoms with Gasteiger partial charge < -0.3 is 14.8 Å². The minimum absolute atomic E-state index is 0.0492. The fraction of sp³-hybridized carbons (Fsp3) is 0.778. The molecule has 3 fully saturated rings. The molecular weight excluding hydrogens is 306 g/mol. The van der Waals surface area contributed by atoms with Crippen molar-refractivity contribution in [2.75, 3.05) is 26.4 Å². The Morgan fingerprint density at radius 1 is 1.33 bits per heavy atom. The third-order valence-electron chi connectivity index (χ3n) is 5.79. The lowest BCUT2D eigenvalue weighted by molar-refractivity contribution is -0.103. The van der Waals surface area contributed by atoms with Gasteiger partial charge in [0.05, 0.1) is 18.4 Å². The molecule has 1 saturated carbocycles. The number of rotatable bonds is 4. The molecule has 24 heavy (non-hydrogen) atoms. The van der Waals surface area contributed by atoms with Gasteiger partial charge in [-0.3, -0.25) is 9.48 Å². The molecule has 1 atom stereocenters. The van der Waals surface area contributed by atoms with E-state index in [1.54, 1.807) is 4.68 Å². The molecule has 0 aromatic carbocycles. The van der Waals surface area contributed by atoms with Crippen LogP contribution >= 0.6 is 0 Å². The smallest absolute Gasteiger partial charge is 0.269 e. The first-order chi connectivity index (χ1) is 11.7. The van der Waals surface area contributed by atoms with E-state index in [9.17, 15) is 4.79 Å². The Morgan fingerprint density at radius 3 is 2.79 bits per heavy atom. The van der Waals surface area contributed by atoms with E-state index in [1.807, 2.05) is 13.1 Å². The predicted octanol–water partition coefficient (Wildman–Crippen LogP) is 2.00. The normalized spacial score (nSPS) is 26.5. The van der Waals surface area contributed by atoms with Crippen LogP contribution < -0.4 is 5.32 Å². The lowest BCUT2D eigenvalue weighted by atomic mass is 9.75. The van der Waals surface area contributed by atoms with Crippen molar-refractivity contribution in [3.63, 3.8) is 0 Å². The molecule has 1 aromatic rings. The van der Waals surface area contributed by atoms with Gasteiger partial charge in [-0.15, -0.1) is 0 Å². The highest BCUT2D eigenvalue weighted by Crippen LogP contribution is 2.40. The molecule has 132 valence electrons. The van der Waals surface area contributed by atoms with E-state index in [2.05, 4.69) is 10.4 Å². The number of carbonyl (C=O) groups excluding carboxylic acids is 1. The molecule has 1 N–H and O–H groups in total. The molecular formula is C18H27N3O3. The van der Waals surface area contributed by atoms with Crippen LogP contribution in [0.4, 0.5) is 0 Å². The molecule has 6 heteroatoms. The first-order valence-electron chi connectivity index (χ1n) is 9.17. The average Bonchev–Trinajstić information content (AvgIpc) is 3.37. The highest BCUT2D eigenvalue weighted by atomic mass is 16.5. The van der Waals surface area contributed by atoms with E-state index >= 15 is 0 Å². The summed E-state index contributed by atoms with van der Waals surface area (Å²) in [7, 11) is 1.84. The molecule has 3 heterocycles. The summed E-state index contributed by atoms with van der Waals surface area (Å²) < 4.78 is 13.2. The van der Waals surface area contributed by atoms with Crippen LogP contribution in [0.2, 0.25) is 0 Å². The zero-order valence-electron chi connectivity index (χ0n) is 14.4. The highest BCUT2D eigenvalue weighted by molar-refractivity contribution is 5.92. The fourth-order valence-electron chi connectivity index (χ4n) is 3.85. The molecule has 0 radical (unpaired) electrons. The Bertz CT molecular complexity index is 593. The van der Waals surface area contributed by atoms with Gasteiger partial charge in [-0.2, -0.15) is 5.10 Å². The number of aromatic nitrogens is 2. The van der Waals surface area contributed by atoms with Crippen molar-refractivity contribution in [1.29, 1.82) is 0 Å². The summed E-state index contributed by atoms with van der Waals surface area (Å²) in [6, 6.07) is 1.94. The maximum Gasteiger partial charge on any atom is 0.269 e. The van der Waals surface area contributed by atoms with E-state index < -0.39 is 0 Å². The number of carbonyl (C=O) groups is 1. The van der Waals surface area contributed by atoms with Gasteiger partial charge in [-0.05, 0) is 50.0 Å². The van der Waals surface area contributed by atoms with E-state index in [0.29, 0.717) is 23.6 Å². The fourth-order valence-corrected chi connectivity index (χ4v) is 3.85. The molecule has 1 unspecified atom stereocenters. The lowest BCUT2D eigenvalue weighted by Gasteiger charge is -2.42. The average molecular weight is 333 g/mol. The third-order valence-corrected chi connectivity index (χ3v) is 5.79. The quantitative estimate of drug-likeness (QED) is 0.915. The second kappa shape index (κ2) is 6.48. The van der Waals surface area contributed by atoms with E-state index in [0.717, 1.165) is 44.8 Å². The van der Waals surface area contributed by atoms with Crippen molar-refractivity contribution in [3.8, 4) is 0 Å². The minimum Gasteiger partial charge on any atom is -0.381 e. The van der Waals surface area contributed by atoms with Crippen LogP contribution in [0.15, 0.2) is 6.07 Å². The van der Waals surface area contributed by atoms with Gasteiger partial charge in [0.1, 0.15) is 5.69 Å². The number of hydrogen-bond acceptors (Lipinski definition) is 4. The zero-order valence-corrected chi connectivity index (χ0v) is 14.4. The first-order valence-corrected chi connectivity index (χ1v) is 9.17. The summed E-state index contributed by atoms with van der Waals surface area (Å²) in [5, 5.41) is 7.48. The number of hydrogen-bond donors (Lipinski definition) is 1. The number of aryl methyl sites for hydroxylation is 1. The van der Waals surface area contributed by atoms with Crippen molar-refractivity contribution in [2.24, 2.45) is 12.5 Å². The Balaban J connectivity index is 1.27. The zero-order chi connectivity index (χ0) is 16.6. The number of nitrogens with zero attached hydrogens (tertiary/aromatic N) is 2. The molecule has 2 aliphatic heterocycles. The minimum atomic E-state index is -0.0492. The SMILES string of the molecule is Cn1nc(C2CC2)cc1C(=O)NCC1CCC2(CCOCC2)CO1. The van der Waals surface area contributed by atoms with Crippen LogP contribution in [-0.2, 0) is 16.5 Å². The Kier molecular flexibility index (Phi) is 4.35. The summed E-state index contributed by atoms with van der Waals surface area (Å²) in [4.78, 5) is 12.4. The van der Waals surface area contributed by atoms with Gasteiger partial charge in [0.2, 0.25) is 0 Å². The van der Waals surface area contributed by atoms with Crippen LogP contribution in [0.25, 0.3) is 0 Å². The molecule has 2 saturated heterocycles. The first kappa shape index (κ1) is 16.1. The van der Waals surface area contributed by atoms with Crippen LogP contribution in [0.1, 0.15) is 60.6 Å². The summed E-state index contributed by atoms with van der Waals surface area (Å²) in [6.45, 7) is 3.09. The van der Waals surface area contributed by atoms with Gasteiger partial charge in [-0.25, -0.2) is 0 Å². The van der Waals surface area contributed by atoms with Crippen LogP contribution in [0.5, 0.6) is 0 Å². The molecule has 1 spiro atoms. The second-order valence-corrected chi connectivity index (χ2v) is 7.65. The van der Waals surface area contributed by atoms with Gasteiger partial charge in [-0.1, -0.05) is 0 Å². The molecule has 1 aliphatic carbocycles. The summed E-state index contributed by atoms with van der Waals surface area (Å²) >= 11 is 0. The topological polar surface area (TPSA) is 65.4 Å². The Morgan fingerprint density at radius 2 is 2.12 bits per heavy atom. The number of amides is 1. The van der Waals surface area contributed by atoms with Crippen molar-refractivity contribution in [2.45, 2.75) is 50.5 Å². The van der Waals surface area contributed by atoms with Gasteiger partial charge in [0.25, 0.3) is 5.91 Å². The van der Waals surface area contributed by atoms with Crippen LogP contribution in [0, 0.1) is 5.41 Å². The van der Waals surface area contributed by atoms with E-state index in [4.69, 9.17) is 9.47 Å². The van der Waals surface area contributed by atoms with Gasteiger partial charge in [0.15, 0.2) is 0 Å². The summed E-state index contributed by atoms with van der Waals surface area (Å²) in [5.74, 6) is 0.516. The predicted molar refractivity (Wildman–Crippen MR) is 89.0 cm³/mol.